The number of hydrazone groups is 1. The third-order valence-corrected chi connectivity index (χ3v) is 6.14. The fourth-order valence-electron chi connectivity index (χ4n) is 3.10. The molecule has 0 radical (unpaired) electrons. The van der Waals surface area contributed by atoms with Gasteiger partial charge in [-0.25, -0.2) is 0 Å². The second-order valence-corrected chi connectivity index (χ2v) is 7.91. The molecule has 0 aliphatic carbocycles. The number of furan rings is 1. The lowest BCUT2D eigenvalue weighted by atomic mass is 10.0. The van der Waals surface area contributed by atoms with Gasteiger partial charge in [-0.05, 0) is 42.0 Å². The summed E-state index contributed by atoms with van der Waals surface area (Å²) in [6.45, 7) is 0. The van der Waals surface area contributed by atoms with Crippen LogP contribution in [0.3, 0.4) is 0 Å². The minimum Gasteiger partial charge on any atom is -0.497 e. The number of hydrogen-bond acceptors (Lipinski definition) is 5. The summed E-state index contributed by atoms with van der Waals surface area (Å²) in [6, 6.07) is 18.7. The van der Waals surface area contributed by atoms with Crippen LogP contribution in [0, 0.1) is 0 Å². The lowest BCUT2D eigenvalue weighted by molar-refractivity contribution is 0.368. The van der Waals surface area contributed by atoms with Gasteiger partial charge in [0.05, 0.1) is 24.3 Å². The first-order valence-corrected chi connectivity index (χ1v) is 9.88. The summed E-state index contributed by atoms with van der Waals surface area (Å²) in [5, 5.41) is 4.42. The Morgan fingerprint density at radius 1 is 1.07 bits per heavy atom. The molecule has 0 amide bonds. The number of benzene rings is 2. The van der Waals surface area contributed by atoms with E-state index >= 15 is 0 Å². The lowest BCUT2D eigenvalue weighted by Gasteiger charge is -2.23. The molecule has 1 aliphatic rings. The van der Waals surface area contributed by atoms with Crippen LogP contribution in [0.4, 0.5) is 0 Å². The lowest BCUT2D eigenvalue weighted by Crippen LogP contribution is -2.27. The molecule has 0 fully saturated rings. The Morgan fingerprint density at radius 3 is 2.59 bits per heavy atom. The highest BCUT2D eigenvalue weighted by Gasteiger charge is 2.38. The monoisotopic (exact) mass is 382 g/mol. The number of ether oxygens (including phenoxy) is 1. The van der Waals surface area contributed by atoms with Crippen molar-refractivity contribution < 1.29 is 17.6 Å². The Morgan fingerprint density at radius 2 is 1.89 bits per heavy atom. The Kier molecular flexibility index (Phi) is 4.45. The Balaban J connectivity index is 1.80. The van der Waals surface area contributed by atoms with E-state index in [0.717, 1.165) is 5.56 Å². The van der Waals surface area contributed by atoms with Crippen LogP contribution in [0.5, 0.6) is 5.75 Å². The molecule has 0 spiro atoms. The zero-order valence-electron chi connectivity index (χ0n) is 14.6. The SMILES string of the molecule is COc1cccc([C@@H]2CC(c3ccco3)=NN2S(=O)(=O)c2ccccc2)c1. The van der Waals surface area contributed by atoms with Gasteiger partial charge in [0.2, 0.25) is 0 Å². The summed E-state index contributed by atoms with van der Waals surface area (Å²) in [5.74, 6) is 1.23. The van der Waals surface area contributed by atoms with E-state index in [2.05, 4.69) is 5.10 Å². The summed E-state index contributed by atoms with van der Waals surface area (Å²) in [5.41, 5.74) is 1.39. The van der Waals surface area contributed by atoms with Crippen molar-refractivity contribution in [3.05, 3.63) is 84.3 Å². The standard InChI is InChI=1S/C20H18N2O4S/c1-25-16-8-5-7-15(13-16)19-14-18(20-11-6-12-26-20)21-22(19)27(23,24)17-9-3-2-4-10-17/h2-13,19H,14H2,1H3/t19-/m0/s1. The molecule has 1 aliphatic heterocycles. The van der Waals surface area contributed by atoms with Crippen LogP contribution in [0.25, 0.3) is 0 Å². The maximum Gasteiger partial charge on any atom is 0.279 e. The normalized spacial score (nSPS) is 17.0. The van der Waals surface area contributed by atoms with Crippen LogP contribution in [0.15, 0.2) is 87.4 Å². The fraction of sp³-hybridized carbons (Fsp3) is 0.150. The predicted octanol–water partition coefficient (Wildman–Crippen LogP) is 3.83. The van der Waals surface area contributed by atoms with Crippen molar-refractivity contribution in [2.24, 2.45) is 5.10 Å². The molecule has 6 nitrogen and oxygen atoms in total. The fourth-order valence-corrected chi connectivity index (χ4v) is 4.55. The summed E-state index contributed by atoms with van der Waals surface area (Å²) >= 11 is 0. The number of rotatable bonds is 5. The van der Waals surface area contributed by atoms with Gasteiger partial charge in [-0.1, -0.05) is 30.3 Å². The Bertz CT molecular complexity index is 1060. The smallest absolute Gasteiger partial charge is 0.279 e. The predicted molar refractivity (Wildman–Crippen MR) is 101 cm³/mol. The van der Waals surface area contributed by atoms with E-state index < -0.39 is 16.1 Å². The summed E-state index contributed by atoms with van der Waals surface area (Å²) in [7, 11) is -2.24. The van der Waals surface area contributed by atoms with Crippen LogP contribution in [0.2, 0.25) is 0 Å². The highest BCUT2D eigenvalue weighted by atomic mass is 32.2. The summed E-state index contributed by atoms with van der Waals surface area (Å²) in [6.07, 6.45) is 1.96. The number of sulfonamides is 1. The van der Waals surface area contributed by atoms with Crippen molar-refractivity contribution >= 4 is 15.7 Å². The Labute approximate surface area is 157 Å². The maximum atomic E-state index is 13.2. The van der Waals surface area contributed by atoms with Crippen molar-refractivity contribution in [2.45, 2.75) is 17.4 Å². The molecule has 4 rings (SSSR count). The van der Waals surface area contributed by atoms with Gasteiger partial charge in [-0.15, -0.1) is 0 Å². The molecule has 2 heterocycles. The first kappa shape index (κ1) is 17.4. The van der Waals surface area contributed by atoms with Crippen LogP contribution >= 0.6 is 0 Å². The van der Waals surface area contributed by atoms with Crippen molar-refractivity contribution in [1.82, 2.24) is 4.41 Å². The molecule has 7 heteroatoms. The highest BCUT2D eigenvalue weighted by molar-refractivity contribution is 7.89. The molecule has 1 atom stereocenters. The number of nitrogens with zero attached hydrogens (tertiary/aromatic N) is 2. The molecular weight excluding hydrogens is 364 g/mol. The average molecular weight is 382 g/mol. The van der Waals surface area contributed by atoms with Gasteiger partial charge in [-0.3, -0.25) is 0 Å². The van der Waals surface area contributed by atoms with E-state index in [4.69, 9.17) is 9.15 Å². The minimum atomic E-state index is -3.82. The van der Waals surface area contributed by atoms with Crippen molar-refractivity contribution in [3.8, 4) is 5.75 Å². The quantitative estimate of drug-likeness (QED) is 0.672. The zero-order valence-corrected chi connectivity index (χ0v) is 15.5. The molecule has 2 aromatic carbocycles. The average Bonchev–Trinajstić information content (AvgIpc) is 3.38. The molecule has 138 valence electrons. The maximum absolute atomic E-state index is 13.2. The van der Waals surface area contributed by atoms with Gasteiger partial charge >= 0.3 is 0 Å². The number of hydrogen-bond donors (Lipinski definition) is 0. The van der Waals surface area contributed by atoms with Crippen molar-refractivity contribution in [1.29, 1.82) is 0 Å². The van der Waals surface area contributed by atoms with Gasteiger partial charge in [0.15, 0.2) is 0 Å². The third kappa shape index (κ3) is 3.21. The van der Waals surface area contributed by atoms with E-state index in [9.17, 15) is 8.42 Å². The molecule has 27 heavy (non-hydrogen) atoms. The van der Waals surface area contributed by atoms with E-state index in [1.807, 2.05) is 24.3 Å². The van der Waals surface area contributed by atoms with Crippen LogP contribution in [-0.4, -0.2) is 25.7 Å². The largest absolute Gasteiger partial charge is 0.497 e. The van der Waals surface area contributed by atoms with Gasteiger partial charge in [0, 0.05) is 6.42 Å². The molecular formula is C20H18N2O4S. The molecule has 0 bridgehead atoms. The molecule has 0 saturated carbocycles. The van der Waals surface area contributed by atoms with Gasteiger partial charge in [-0.2, -0.15) is 17.9 Å². The van der Waals surface area contributed by atoms with E-state index in [-0.39, 0.29) is 4.90 Å². The topological polar surface area (TPSA) is 72.1 Å². The zero-order chi connectivity index (χ0) is 18.9. The van der Waals surface area contributed by atoms with E-state index in [1.54, 1.807) is 55.8 Å². The van der Waals surface area contributed by atoms with Crippen molar-refractivity contribution in [2.75, 3.05) is 7.11 Å². The van der Waals surface area contributed by atoms with Gasteiger partial charge in [0.1, 0.15) is 17.2 Å². The highest BCUT2D eigenvalue weighted by Crippen LogP contribution is 2.38. The minimum absolute atomic E-state index is 0.197. The second-order valence-electron chi connectivity index (χ2n) is 6.11. The first-order valence-electron chi connectivity index (χ1n) is 8.44. The van der Waals surface area contributed by atoms with Gasteiger partial charge < -0.3 is 9.15 Å². The van der Waals surface area contributed by atoms with E-state index in [1.165, 1.54) is 4.41 Å². The van der Waals surface area contributed by atoms with Crippen LogP contribution < -0.4 is 4.74 Å². The second kappa shape index (κ2) is 6.92. The molecule has 0 saturated heterocycles. The number of methoxy groups -OCH3 is 1. The van der Waals surface area contributed by atoms with Crippen LogP contribution in [0.1, 0.15) is 23.8 Å². The van der Waals surface area contributed by atoms with Gasteiger partial charge in [0.25, 0.3) is 10.0 Å². The van der Waals surface area contributed by atoms with E-state index in [0.29, 0.717) is 23.6 Å². The Hall–Kier alpha value is -3.06. The molecule has 0 unspecified atom stereocenters. The molecule has 1 aromatic heterocycles. The van der Waals surface area contributed by atoms with Crippen LogP contribution in [-0.2, 0) is 10.0 Å². The first-order chi connectivity index (χ1) is 13.1. The summed E-state index contributed by atoms with van der Waals surface area (Å²) in [4.78, 5) is 0.197. The molecule has 3 aromatic rings. The molecule has 0 N–H and O–H groups in total. The third-order valence-electron chi connectivity index (χ3n) is 4.44. The summed E-state index contributed by atoms with van der Waals surface area (Å²) < 4.78 is 38.4. The van der Waals surface area contributed by atoms with Crippen molar-refractivity contribution in [3.63, 3.8) is 0 Å².